The van der Waals surface area contributed by atoms with Crippen molar-refractivity contribution in [2.24, 2.45) is 0 Å². The molecule has 0 aliphatic rings. The molecule has 0 atom stereocenters. The molecule has 0 bridgehead atoms. The Morgan fingerprint density at radius 3 is 2.03 bits per heavy atom. The molecule has 0 amide bonds. The molecule has 0 heterocycles. The van der Waals surface area contributed by atoms with E-state index in [1.54, 1.807) is 18.2 Å². The standard InChI is InChI=1S/C27H22O4/c1-18-2-4-20(5-3-18)17-31-27(30)24-13-12-22-9-8-21(15-25(22)16-24)14-19-6-10-23(11-7-19)26(28)29/h2-13,15-16H,14,17H2,1H3,(H,28,29). The van der Waals surface area contributed by atoms with Crippen LogP contribution in [0.2, 0.25) is 0 Å². The highest BCUT2D eigenvalue weighted by atomic mass is 16.5. The molecule has 0 unspecified atom stereocenters. The van der Waals surface area contributed by atoms with Gasteiger partial charge in [0.25, 0.3) is 0 Å². The molecular formula is C27H22O4. The van der Waals surface area contributed by atoms with Gasteiger partial charge in [0, 0.05) is 0 Å². The second kappa shape index (κ2) is 8.84. The molecule has 4 aromatic carbocycles. The molecule has 0 fully saturated rings. The summed E-state index contributed by atoms with van der Waals surface area (Å²) in [5, 5.41) is 11.0. The average Bonchev–Trinajstić information content (AvgIpc) is 2.78. The fraction of sp³-hybridized carbons (Fsp3) is 0.111. The molecule has 0 saturated heterocycles. The number of fused-ring (bicyclic) bond motifs is 1. The van der Waals surface area contributed by atoms with Crippen LogP contribution in [-0.2, 0) is 17.8 Å². The molecular weight excluding hydrogens is 388 g/mol. The van der Waals surface area contributed by atoms with Crippen LogP contribution in [0.1, 0.15) is 43.0 Å². The van der Waals surface area contributed by atoms with Gasteiger partial charge < -0.3 is 9.84 Å². The normalized spacial score (nSPS) is 10.7. The molecule has 4 nitrogen and oxygen atoms in total. The SMILES string of the molecule is Cc1ccc(COC(=O)c2ccc3ccc(Cc4ccc(C(=O)O)cc4)cc3c2)cc1. The van der Waals surface area contributed by atoms with Crippen LogP contribution in [0.3, 0.4) is 0 Å². The smallest absolute Gasteiger partial charge is 0.338 e. The summed E-state index contributed by atoms with van der Waals surface area (Å²) in [4.78, 5) is 23.5. The van der Waals surface area contributed by atoms with Gasteiger partial charge in [0.2, 0.25) is 0 Å². The number of carboxylic acid groups (broad SMARTS) is 1. The van der Waals surface area contributed by atoms with Gasteiger partial charge in [-0.25, -0.2) is 9.59 Å². The molecule has 0 saturated carbocycles. The van der Waals surface area contributed by atoms with Gasteiger partial charge in [-0.15, -0.1) is 0 Å². The van der Waals surface area contributed by atoms with Crippen molar-refractivity contribution in [3.8, 4) is 0 Å². The highest BCUT2D eigenvalue weighted by Crippen LogP contribution is 2.21. The number of carbonyl (C=O) groups excluding carboxylic acids is 1. The third-order valence-corrected chi connectivity index (χ3v) is 5.24. The first-order valence-corrected chi connectivity index (χ1v) is 10.1. The lowest BCUT2D eigenvalue weighted by atomic mass is 9.99. The predicted molar refractivity (Wildman–Crippen MR) is 120 cm³/mol. The van der Waals surface area contributed by atoms with Crippen LogP contribution >= 0.6 is 0 Å². The van der Waals surface area contributed by atoms with Crippen LogP contribution in [0.4, 0.5) is 0 Å². The first-order chi connectivity index (χ1) is 15.0. The minimum Gasteiger partial charge on any atom is -0.478 e. The van der Waals surface area contributed by atoms with E-state index >= 15 is 0 Å². The number of hydrogen-bond acceptors (Lipinski definition) is 3. The molecule has 0 radical (unpaired) electrons. The molecule has 0 aromatic heterocycles. The van der Waals surface area contributed by atoms with Gasteiger partial charge in [-0.1, -0.05) is 66.2 Å². The Labute approximate surface area is 180 Å². The van der Waals surface area contributed by atoms with Crippen LogP contribution in [0.25, 0.3) is 10.8 Å². The lowest BCUT2D eigenvalue weighted by Gasteiger charge is -2.08. The van der Waals surface area contributed by atoms with Gasteiger partial charge in [-0.2, -0.15) is 0 Å². The van der Waals surface area contributed by atoms with E-state index in [4.69, 9.17) is 9.84 Å². The number of ether oxygens (including phenoxy) is 1. The Morgan fingerprint density at radius 1 is 0.710 bits per heavy atom. The number of benzene rings is 4. The second-order valence-electron chi connectivity index (χ2n) is 7.64. The fourth-order valence-electron chi connectivity index (χ4n) is 3.45. The van der Waals surface area contributed by atoms with Gasteiger partial charge in [0.1, 0.15) is 6.61 Å². The maximum Gasteiger partial charge on any atom is 0.338 e. The minimum absolute atomic E-state index is 0.240. The van der Waals surface area contributed by atoms with E-state index in [0.29, 0.717) is 12.0 Å². The predicted octanol–water partition coefficient (Wildman–Crippen LogP) is 5.79. The molecule has 4 rings (SSSR count). The van der Waals surface area contributed by atoms with Gasteiger partial charge in [-0.05, 0) is 65.1 Å². The Hall–Kier alpha value is -3.92. The van der Waals surface area contributed by atoms with Crippen molar-refractivity contribution < 1.29 is 19.4 Å². The largest absolute Gasteiger partial charge is 0.478 e. The molecule has 31 heavy (non-hydrogen) atoms. The molecule has 4 heteroatoms. The van der Waals surface area contributed by atoms with Crippen molar-refractivity contribution in [3.63, 3.8) is 0 Å². The van der Waals surface area contributed by atoms with Crippen LogP contribution in [0.5, 0.6) is 0 Å². The molecule has 154 valence electrons. The highest BCUT2D eigenvalue weighted by molar-refractivity contribution is 5.95. The lowest BCUT2D eigenvalue weighted by molar-refractivity contribution is 0.0472. The van der Waals surface area contributed by atoms with E-state index in [1.807, 2.05) is 67.6 Å². The average molecular weight is 410 g/mol. The van der Waals surface area contributed by atoms with Crippen molar-refractivity contribution in [2.75, 3.05) is 0 Å². The Kier molecular flexibility index (Phi) is 5.80. The van der Waals surface area contributed by atoms with E-state index in [1.165, 1.54) is 5.56 Å². The number of carboxylic acids is 1. The first kappa shape index (κ1) is 20.4. The Balaban J connectivity index is 1.49. The zero-order chi connectivity index (χ0) is 21.8. The number of hydrogen-bond donors (Lipinski definition) is 1. The summed E-state index contributed by atoms with van der Waals surface area (Å²) in [6.07, 6.45) is 0.679. The summed E-state index contributed by atoms with van der Waals surface area (Å²) >= 11 is 0. The maximum atomic E-state index is 12.5. The summed E-state index contributed by atoms with van der Waals surface area (Å²) in [6.45, 7) is 2.26. The molecule has 4 aromatic rings. The number of aromatic carboxylic acids is 1. The highest BCUT2D eigenvalue weighted by Gasteiger charge is 2.09. The van der Waals surface area contributed by atoms with Crippen LogP contribution in [0.15, 0.2) is 84.9 Å². The topological polar surface area (TPSA) is 63.6 Å². The van der Waals surface area contributed by atoms with Crippen LogP contribution in [-0.4, -0.2) is 17.0 Å². The van der Waals surface area contributed by atoms with Crippen molar-refractivity contribution in [1.82, 2.24) is 0 Å². The van der Waals surface area contributed by atoms with Gasteiger partial charge in [0.05, 0.1) is 11.1 Å². The molecule has 1 N–H and O–H groups in total. The monoisotopic (exact) mass is 410 g/mol. The van der Waals surface area contributed by atoms with Gasteiger partial charge in [-0.3, -0.25) is 0 Å². The van der Waals surface area contributed by atoms with Gasteiger partial charge in [0.15, 0.2) is 0 Å². The molecule has 0 spiro atoms. The van der Waals surface area contributed by atoms with Crippen LogP contribution < -0.4 is 0 Å². The van der Waals surface area contributed by atoms with E-state index in [2.05, 4.69) is 6.07 Å². The number of esters is 1. The van der Waals surface area contributed by atoms with E-state index in [-0.39, 0.29) is 18.1 Å². The zero-order valence-corrected chi connectivity index (χ0v) is 17.2. The van der Waals surface area contributed by atoms with E-state index < -0.39 is 5.97 Å². The summed E-state index contributed by atoms with van der Waals surface area (Å²) in [6, 6.07) is 26.5. The summed E-state index contributed by atoms with van der Waals surface area (Å²) in [5.41, 5.74) is 5.02. The van der Waals surface area contributed by atoms with Crippen molar-refractivity contribution in [2.45, 2.75) is 20.0 Å². The van der Waals surface area contributed by atoms with Crippen molar-refractivity contribution in [1.29, 1.82) is 0 Å². The van der Waals surface area contributed by atoms with Gasteiger partial charge >= 0.3 is 11.9 Å². The zero-order valence-electron chi connectivity index (χ0n) is 17.2. The summed E-state index contributed by atoms with van der Waals surface area (Å²) in [5.74, 6) is -1.28. The third-order valence-electron chi connectivity index (χ3n) is 5.24. The van der Waals surface area contributed by atoms with Crippen molar-refractivity contribution >= 4 is 22.7 Å². The Bertz CT molecular complexity index is 1240. The van der Waals surface area contributed by atoms with Crippen molar-refractivity contribution in [3.05, 3.63) is 118 Å². The number of rotatable bonds is 6. The van der Waals surface area contributed by atoms with E-state index in [9.17, 15) is 9.59 Å². The summed E-state index contributed by atoms with van der Waals surface area (Å²) < 4.78 is 5.47. The second-order valence-corrected chi connectivity index (χ2v) is 7.64. The van der Waals surface area contributed by atoms with Crippen LogP contribution in [0, 0.1) is 6.92 Å². The fourth-order valence-corrected chi connectivity index (χ4v) is 3.45. The molecule has 0 aliphatic heterocycles. The Morgan fingerprint density at radius 2 is 1.32 bits per heavy atom. The number of carbonyl (C=O) groups is 2. The first-order valence-electron chi connectivity index (χ1n) is 10.1. The third kappa shape index (κ3) is 4.98. The quantitative estimate of drug-likeness (QED) is 0.408. The lowest BCUT2D eigenvalue weighted by Crippen LogP contribution is -2.05. The summed E-state index contributed by atoms with van der Waals surface area (Å²) in [7, 11) is 0. The maximum absolute atomic E-state index is 12.5. The molecule has 0 aliphatic carbocycles. The van der Waals surface area contributed by atoms with E-state index in [0.717, 1.165) is 27.5 Å². The number of aryl methyl sites for hydroxylation is 1. The minimum atomic E-state index is -0.931.